The van der Waals surface area contributed by atoms with Crippen LogP contribution < -0.4 is 5.73 Å². The molecular formula is C11H16F3N3. The third-order valence-electron chi connectivity index (χ3n) is 3.26. The van der Waals surface area contributed by atoms with Gasteiger partial charge in [0, 0.05) is 0 Å². The maximum atomic E-state index is 12.9. The maximum absolute atomic E-state index is 12.9. The van der Waals surface area contributed by atoms with Crippen LogP contribution in [0.5, 0.6) is 0 Å². The van der Waals surface area contributed by atoms with Gasteiger partial charge in [-0.3, -0.25) is 4.68 Å². The van der Waals surface area contributed by atoms with Gasteiger partial charge in [0.2, 0.25) is 0 Å². The molecule has 1 heterocycles. The molecule has 0 unspecified atom stereocenters. The molecule has 3 nitrogen and oxygen atoms in total. The molecule has 0 radical (unpaired) electrons. The monoisotopic (exact) mass is 247 g/mol. The SMILES string of the molecule is Nc1cnn(C2CCCCCC2)c1C(F)(F)F. The minimum absolute atomic E-state index is 0.161. The summed E-state index contributed by atoms with van der Waals surface area (Å²) in [6.45, 7) is 0. The quantitative estimate of drug-likeness (QED) is 0.773. The van der Waals surface area contributed by atoms with Crippen LogP contribution in [0.4, 0.5) is 18.9 Å². The molecule has 0 aromatic carbocycles. The van der Waals surface area contributed by atoms with Crippen molar-refractivity contribution in [2.45, 2.75) is 50.7 Å². The smallest absolute Gasteiger partial charge is 0.396 e. The van der Waals surface area contributed by atoms with Crippen molar-refractivity contribution in [2.24, 2.45) is 0 Å². The van der Waals surface area contributed by atoms with Crippen LogP contribution in [0.25, 0.3) is 0 Å². The summed E-state index contributed by atoms with van der Waals surface area (Å²) in [5.74, 6) is 0. The Bertz CT molecular complexity index is 376. The van der Waals surface area contributed by atoms with E-state index in [2.05, 4.69) is 5.10 Å². The lowest BCUT2D eigenvalue weighted by Crippen LogP contribution is -2.20. The van der Waals surface area contributed by atoms with E-state index in [0.29, 0.717) is 0 Å². The second-order valence-corrected chi connectivity index (χ2v) is 4.54. The van der Waals surface area contributed by atoms with E-state index >= 15 is 0 Å². The predicted octanol–water partition coefficient (Wildman–Crippen LogP) is 3.38. The molecule has 1 aliphatic carbocycles. The zero-order chi connectivity index (χ0) is 12.5. The Morgan fingerprint density at radius 1 is 1.18 bits per heavy atom. The first-order valence-electron chi connectivity index (χ1n) is 5.90. The van der Waals surface area contributed by atoms with Gasteiger partial charge in [0.25, 0.3) is 0 Å². The summed E-state index contributed by atoms with van der Waals surface area (Å²) in [5, 5.41) is 3.82. The molecule has 6 heteroatoms. The Kier molecular flexibility index (Phi) is 3.31. The Morgan fingerprint density at radius 2 is 1.76 bits per heavy atom. The zero-order valence-corrected chi connectivity index (χ0v) is 9.50. The van der Waals surface area contributed by atoms with E-state index in [1.54, 1.807) is 0 Å². The first-order chi connectivity index (χ1) is 8.00. The average Bonchev–Trinajstić information content (AvgIpc) is 2.50. The van der Waals surface area contributed by atoms with Gasteiger partial charge in [-0.25, -0.2) is 0 Å². The van der Waals surface area contributed by atoms with Crippen molar-refractivity contribution < 1.29 is 13.2 Å². The second kappa shape index (κ2) is 4.58. The number of nitrogens with two attached hydrogens (primary N) is 1. The highest BCUT2D eigenvalue weighted by molar-refractivity contribution is 5.42. The molecule has 1 aliphatic rings. The molecule has 96 valence electrons. The Labute approximate surface area is 97.8 Å². The van der Waals surface area contributed by atoms with Crippen molar-refractivity contribution in [2.75, 3.05) is 5.73 Å². The number of aromatic nitrogens is 2. The van der Waals surface area contributed by atoms with Gasteiger partial charge in [0.1, 0.15) is 0 Å². The second-order valence-electron chi connectivity index (χ2n) is 4.54. The minimum Gasteiger partial charge on any atom is -0.396 e. The molecule has 1 saturated carbocycles. The topological polar surface area (TPSA) is 43.8 Å². The number of nitrogen functional groups attached to an aromatic ring is 1. The Balaban J connectivity index is 2.31. The van der Waals surface area contributed by atoms with E-state index in [-0.39, 0.29) is 11.7 Å². The number of halogens is 3. The van der Waals surface area contributed by atoms with Gasteiger partial charge in [-0.1, -0.05) is 25.7 Å². The zero-order valence-electron chi connectivity index (χ0n) is 9.50. The van der Waals surface area contributed by atoms with E-state index in [1.165, 1.54) is 0 Å². The van der Waals surface area contributed by atoms with E-state index in [4.69, 9.17) is 5.73 Å². The maximum Gasteiger partial charge on any atom is 0.435 e. The highest BCUT2D eigenvalue weighted by atomic mass is 19.4. The van der Waals surface area contributed by atoms with Crippen LogP contribution in [0.3, 0.4) is 0 Å². The first-order valence-corrected chi connectivity index (χ1v) is 5.90. The van der Waals surface area contributed by atoms with Crippen LogP contribution in [0.15, 0.2) is 6.20 Å². The largest absolute Gasteiger partial charge is 0.435 e. The van der Waals surface area contributed by atoms with Gasteiger partial charge >= 0.3 is 6.18 Å². The lowest BCUT2D eigenvalue weighted by atomic mass is 10.1. The number of alkyl halides is 3. The van der Waals surface area contributed by atoms with Crippen LogP contribution in [-0.4, -0.2) is 9.78 Å². The van der Waals surface area contributed by atoms with Gasteiger partial charge in [-0.15, -0.1) is 0 Å². The number of nitrogens with zero attached hydrogens (tertiary/aromatic N) is 2. The molecule has 17 heavy (non-hydrogen) atoms. The van der Waals surface area contributed by atoms with Gasteiger partial charge in [0.05, 0.1) is 17.9 Å². The highest BCUT2D eigenvalue weighted by Crippen LogP contribution is 2.37. The van der Waals surface area contributed by atoms with Crippen LogP contribution in [0.1, 0.15) is 50.3 Å². The number of anilines is 1. The average molecular weight is 247 g/mol. The molecule has 0 aliphatic heterocycles. The molecule has 0 spiro atoms. The van der Waals surface area contributed by atoms with Crippen molar-refractivity contribution >= 4 is 5.69 Å². The van der Waals surface area contributed by atoms with Crippen LogP contribution in [0, 0.1) is 0 Å². The molecule has 1 fully saturated rings. The summed E-state index contributed by atoms with van der Waals surface area (Å²) in [6.07, 6.45) is 2.29. The van der Waals surface area contributed by atoms with E-state index < -0.39 is 11.9 Å². The number of rotatable bonds is 1. The molecule has 0 bridgehead atoms. The van der Waals surface area contributed by atoms with Crippen molar-refractivity contribution in [3.05, 3.63) is 11.9 Å². The summed E-state index contributed by atoms with van der Waals surface area (Å²) in [6, 6.07) is -0.161. The number of hydrogen-bond acceptors (Lipinski definition) is 2. The van der Waals surface area contributed by atoms with E-state index in [9.17, 15) is 13.2 Å². The molecule has 1 aromatic rings. The van der Waals surface area contributed by atoms with Crippen molar-refractivity contribution in [1.29, 1.82) is 0 Å². The van der Waals surface area contributed by atoms with Crippen molar-refractivity contribution in [1.82, 2.24) is 9.78 Å². The van der Waals surface area contributed by atoms with Crippen LogP contribution in [0.2, 0.25) is 0 Å². The fraction of sp³-hybridized carbons (Fsp3) is 0.727. The van der Waals surface area contributed by atoms with Crippen LogP contribution in [-0.2, 0) is 6.18 Å². The lowest BCUT2D eigenvalue weighted by Gasteiger charge is -2.19. The van der Waals surface area contributed by atoms with Gasteiger partial charge < -0.3 is 5.73 Å². The van der Waals surface area contributed by atoms with E-state index in [1.807, 2.05) is 0 Å². The molecule has 2 rings (SSSR count). The first kappa shape index (κ1) is 12.3. The van der Waals surface area contributed by atoms with E-state index in [0.717, 1.165) is 49.4 Å². The van der Waals surface area contributed by atoms with Gasteiger partial charge in [-0.05, 0) is 12.8 Å². The molecular weight excluding hydrogens is 231 g/mol. The van der Waals surface area contributed by atoms with Crippen LogP contribution >= 0.6 is 0 Å². The third kappa shape index (κ3) is 2.56. The minimum atomic E-state index is -4.42. The lowest BCUT2D eigenvalue weighted by molar-refractivity contribution is -0.144. The number of hydrogen-bond donors (Lipinski definition) is 1. The molecule has 2 N–H and O–H groups in total. The third-order valence-corrected chi connectivity index (χ3v) is 3.26. The van der Waals surface area contributed by atoms with Gasteiger partial charge in [0.15, 0.2) is 5.69 Å². The molecule has 0 amide bonds. The van der Waals surface area contributed by atoms with Crippen molar-refractivity contribution in [3.8, 4) is 0 Å². The predicted molar refractivity (Wildman–Crippen MR) is 58.4 cm³/mol. The molecule has 0 atom stereocenters. The fourth-order valence-corrected chi connectivity index (χ4v) is 2.45. The van der Waals surface area contributed by atoms with Crippen molar-refractivity contribution in [3.63, 3.8) is 0 Å². The molecule has 1 aromatic heterocycles. The Morgan fingerprint density at radius 3 is 2.29 bits per heavy atom. The normalized spacial score (nSPS) is 19.2. The Hall–Kier alpha value is -1.20. The highest BCUT2D eigenvalue weighted by Gasteiger charge is 2.39. The standard InChI is InChI=1S/C11H16F3N3/c12-11(13,14)10-9(15)7-16-17(10)8-5-3-1-2-4-6-8/h7-8H,1-6,15H2. The summed E-state index contributed by atoms with van der Waals surface area (Å²) in [5.41, 5.74) is 4.31. The molecule has 0 saturated heterocycles. The summed E-state index contributed by atoms with van der Waals surface area (Å²) in [7, 11) is 0. The summed E-state index contributed by atoms with van der Waals surface area (Å²) in [4.78, 5) is 0. The van der Waals surface area contributed by atoms with Gasteiger partial charge in [-0.2, -0.15) is 18.3 Å². The summed E-state index contributed by atoms with van der Waals surface area (Å²) < 4.78 is 39.7. The fourth-order valence-electron chi connectivity index (χ4n) is 2.45. The summed E-state index contributed by atoms with van der Waals surface area (Å²) >= 11 is 0.